The second-order valence-corrected chi connectivity index (χ2v) is 10.7. The molecule has 2 aliphatic rings. The van der Waals surface area contributed by atoms with Crippen LogP contribution in [0.2, 0.25) is 0 Å². The smallest absolute Gasteiger partial charge is 0.448 e. The number of hydrogen-bond donors (Lipinski definition) is 2. The Morgan fingerprint density at radius 1 is 1.00 bits per heavy atom. The van der Waals surface area contributed by atoms with Gasteiger partial charge in [-0.2, -0.15) is 8.42 Å². The summed E-state index contributed by atoms with van der Waals surface area (Å²) in [5.74, 6) is -0.334. The van der Waals surface area contributed by atoms with E-state index in [9.17, 15) is 27.1 Å². The van der Waals surface area contributed by atoms with Crippen molar-refractivity contribution in [1.29, 1.82) is 0 Å². The Morgan fingerprint density at radius 2 is 1.59 bits per heavy atom. The van der Waals surface area contributed by atoms with Gasteiger partial charge in [0.1, 0.15) is 12.4 Å². The number of carbonyl (C=O) groups is 1. The molecule has 0 spiro atoms. The van der Waals surface area contributed by atoms with Crippen molar-refractivity contribution in [3.63, 3.8) is 0 Å². The quantitative estimate of drug-likeness (QED) is 0.338. The number of halogens is 1. The summed E-state index contributed by atoms with van der Waals surface area (Å²) in [6, 6.07) is 18.9. The fraction of sp³-hybridized carbons (Fsp3) is 0.296. The molecule has 1 aliphatic heterocycles. The zero-order chi connectivity index (χ0) is 27.7. The second-order valence-electron chi connectivity index (χ2n) is 9.72. The predicted molar refractivity (Wildman–Crippen MR) is 144 cm³/mol. The van der Waals surface area contributed by atoms with Gasteiger partial charge in [-0.05, 0) is 51.8 Å². The van der Waals surface area contributed by atoms with Gasteiger partial charge in [0, 0.05) is 38.6 Å². The van der Waals surface area contributed by atoms with Gasteiger partial charge >= 0.3 is 23.7 Å². The first kappa shape index (κ1) is 27.1. The normalized spacial score (nSPS) is 15.5. The molecule has 5 rings (SSSR count). The van der Waals surface area contributed by atoms with Crippen LogP contribution < -0.4 is 9.65 Å². The van der Waals surface area contributed by atoms with Gasteiger partial charge in [-0.25, -0.2) is 4.79 Å². The molecule has 0 aromatic heterocycles. The van der Waals surface area contributed by atoms with Crippen molar-refractivity contribution in [1.82, 2.24) is 9.80 Å². The van der Waals surface area contributed by atoms with Crippen LogP contribution in [0.25, 0.3) is 11.1 Å². The van der Waals surface area contributed by atoms with Crippen molar-refractivity contribution < 1.29 is 36.1 Å². The molecule has 0 bridgehead atoms. The molecule has 0 atom stereocenters. The summed E-state index contributed by atoms with van der Waals surface area (Å²) >= 11 is 0. The van der Waals surface area contributed by atoms with E-state index in [1.165, 1.54) is 6.07 Å². The number of fused-ring (bicyclic) bond motifs is 3. The van der Waals surface area contributed by atoms with Gasteiger partial charge in [-0.15, -0.1) is 0 Å². The Bertz CT molecular complexity index is 1450. The summed E-state index contributed by atoms with van der Waals surface area (Å²) in [6.45, 7) is 3.97. The SMILES string of the molecule is Cc1c(CN2CCN(C(=O)OCC3c4ccccc4-c4ccccc43)CC2)cc(B(O)O)cc1OS(=O)(=O)F. The van der Waals surface area contributed by atoms with E-state index in [1.807, 2.05) is 29.2 Å². The third-order valence-electron chi connectivity index (χ3n) is 7.34. The summed E-state index contributed by atoms with van der Waals surface area (Å²) < 4.78 is 45.4. The highest BCUT2D eigenvalue weighted by Crippen LogP contribution is 2.44. The minimum atomic E-state index is -5.29. The van der Waals surface area contributed by atoms with Crippen molar-refractivity contribution in [2.24, 2.45) is 0 Å². The van der Waals surface area contributed by atoms with E-state index in [4.69, 9.17) is 4.74 Å². The first-order chi connectivity index (χ1) is 18.6. The number of benzene rings is 3. The lowest BCUT2D eigenvalue weighted by molar-refractivity contribution is 0.0728. The van der Waals surface area contributed by atoms with E-state index in [0.717, 1.165) is 28.3 Å². The first-order valence-corrected chi connectivity index (χ1v) is 13.9. The van der Waals surface area contributed by atoms with Crippen LogP contribution in [0.4, 0.5) is 8.68 Å². The van der Waals surface area contributed by atoms with Gasteiger partial charge in [0.15, 0.2) is 0 Å². The Labute approximate surface area is 227 Å². The van der Waals surface area contributed by atoms with Gasteiger partial charge < -0.3 is 23.9 Å². The molecular formula is C27H28BFN2O7S. The molecule has 1 fully saturated rings. The summed E-state index contributed by atoms with van der Waals surface area (Å²) in [4.78, 5) is 16.6. The molecule has 3 aromatic rings. The molecule has 1 amide bonds. The van der Waals surface area contributed by atoms with Gasteiger partial charge in [-0.1, -0.05) is 58.5 Å². The third kappa shape index (κ3) is 5.93. The average Bonchev–Trinajstić information content (AvgIpc) is 3.22. The maximum atomic E-state index is 13.2. The van der Waals surface area contributed by atoms with E-state index >= 15 is 0 Å². The molecule has 0 radical (unpaired) electrons. The van der Waals surface area contributed by atoms with Crippen LogP contribution in [0, 0.1) is 6.92 Å². The number of hydrogen-bond acceptors (Lipinski definition) is 8. The van der Waals surface area contributed by atoms with Crippen molar-refractivity contribution in [2.75, 3.05) is 32.8 Å². The van der Waals surface area contributed by atoms with Crippen molar-refractivity contribution in [3.8, 4) is 16.9 Å². The Balaban J connectivity index is 1.20. The first-order valence-electron chi connectivity index (χ1n) is 12.6. The maximum Gasteiger partial charge on any atom is 0.488 e. The van der Waals surface area contributed by atoms with Crippen LogP contribution in [-0.2, 0) is 21.8 Å². The topological polar surface area (TPSA) is 117 Å². The molecule has 1 saturated heterocycles. The zero-order valence-electron chi connectivity index (χ0n) is 21.3. The number of rotatable bonds is 7. The molecule has 2 N–H and O–H groups in total. The minimum Gasteiger partial charge on any atom is -0.448 e. The van der Waals surface area contributed by atoms with E-state index in [0.29, 0.717) is 43.9 Å². The van der Waals surface area contributed by atoms with Crippen molar-refractivity contribution in [3.05, 3.63) is 82.9 Å². The highest BCUT2D eigenvalue weighted by Gasteiger charge is 2.30. The average molecular weight is 554 g/mol. The van der Waals surface area contributed by atoms with Gasteiger partial charge in [-0.3, -0.25) is 4.90 Å². The molecule has 0 saturated carbocycles. The summed E-state index contributed by atoms with van der Waals surface area (Å²) in [5, 5.41) is 19.2. The van der Waals surface area contributed by atoms with Gasteiger partial charge in [0.2, 0.25) is 0 Å². The van der Waals surface area contributed by atoms with Crippen LogP contribution in [0.3, 0.4) is 0 Å². The number of carbonyl (C=O) groups excluding carboxylic acids is 1. The fourth-order valence-electron chi connectivity index (χ4n) is 5.29. The standard InChI is InChI=1S/C27H28BFN2O7S/c1-18-19(14-20(28(33)34)15-26(18)38-39(29,35)36)16-30-10-12-31(13-11-30)27(32)37-17-25-23-8-4-2-6-21(23)22-7-3-5-9-24(22)25/h2-9,14-15,25,33-34H,10-13,16-17H2,1H3. The van der Waals surface area contributed by atoms with E-state index in [-0.39, 0.29) is 29.8 Å². The van der Waals surface area contributed by atoms with E-state index < -0.39 is 17.6 Å². The summed E-state index contributed by atoms with van der Waals surface area (Å²) in [5.41, 5.74) is 5.50. The Hall–Kier alpha value is -3.45. The molecule has 0 unspecified atom stereocenters. The number of ether oxygens (including phenoxy) is 1. The number of piperazine rings is 1. The lowest BCUT2D eigenvalue weighted by Crippen LogP contribution is -2.48. The minimum absolute atomic E-state index is 0.0217. The van der Waals surface area contributed by atoms with Crippen LogP contribution in [-0.4, -0.2) is 74.3 Å². The predicted octanol–water partition coefficient (Wildman–Crippen LogP) is 2.33. The largest absolute Gasteiger partial charge is 0.488 e. The third-order valence-corrected chi connectivity index (χ3v) is 7.72. The lowest BCUT2D eigenvalue weighted by atomic mass is 9.78. The van der Waals surface area contributed by atoms with Gasteiger partial charge in [0.05, 0.1) is 0 Å². The van der Waals surface area contributed by atoms with Crippen molar-refractivity contribution in [2.45, 2.75) is 19.4 Å². The molecule has 1 heterocycles. The van der Waals surface area contributed by atoms with E-state index in [2.05, 4.69) is 28.4 Å². The fourth-order valence-corrected chi connectivity index (χ4v) is 5.68. The highest BCUT2D eigenvalue weighted by molar-refractivity contribution is 7.81. The number of amides is 1. The summed E-state index contributed by atoms with van der Waals surface area (Å²) in [6.07, 6.45) is -0.387. The molecule has 9 nitrogen and oxygen atoms in total. The Kier molecular flexibility index (Phi) is 7.63. The number of nitrogens with zero attached hydrogens (tertiary/aromatic N) is 2. The van der Waals surface area contributed by atoms with Crippen LogP contribution in [0.15, 0.2) is 60.7 Å². The second kappa shape index (κ2) is 11.0. The Morgan fingerprint density at radius 3 is 2.15 bits per heavy atom. The molecule has 204 valence electrons. The van der Waals surface area contributed by atoms with E-state index in [1.54, 1.807) is 11.8 Å². The lowest BCUT2D eigenvalue weighted by Gasteiger charge is -2.34. The molecule has 39 heavy (non-hydrogen) atoms. The highest BCUT2D eigenvalue weighted by atomic mass is 32.3. The zero-order valence-corrected chi connectivity index (χ0v) is 22.1. The maximum absolute atomic E-state index is 13.2. The summed E-state index contributed by atoms with van der Waals surface area (Å²) in [7, 11) is -7.18. The van der Waals surface area contributed by atoms with Crippen LogP contribution in [0.1, 0.15) is 28.2 Å². The van der Waals surface area contributed by atoms with Crippen LogP contribution >= 0.6 is 0 Å². The van der Waals surface area contributed by atoms with Crippen LogP contribution in [0.5, 0.6) is 5.75 Å². The monoisotopic (exact) mass is 554 g/mol. The van der Waals surface area contributed by atoms with Gasteiger partial charge in [0.25, 0.3) is 0 Å². The van der Waals surface area contributed by atoms with Crippen molar-refractivity contribution >= 4 is 29.2 Å². The molecule has 12 heteroatoms. The molecule has 3 aromatic carbocycles. The molecular weight excluding hydrogens is 526 g/mol. The molecule has 1 aliphatic carbocycles.